The van der Waals surface area contributed by atoms with Crippen LogP contribution in [0.25, 0.3) is 0 Å². The molecule has 0 saturated heterocycles. The van der Waals surface area contributed by atoms with Gasteiger partial charge in [0.2, 0.25) is 11.8 Å². The van der Waals surface area contributed by atoms with Crippen LogP contribution in [-0.2, 0) is 19.2 Å². The highest BCUT2D eigenvalue weighted by molar-refractivity contribution is 5.99. The van der Waals surface area contributed by atoms with Gasteiger partial charge in [-0.05, 0) is 19.3 Å². The van der Waals surface area contributed by atoms with E-state index in [0.717, 1.165) is 43.4 Å². The van der Waals surface area contributed by atoms with E-state index in [1.807, 2.05) is 0 Å². The Kier molecular flexibility index (Phi) is 41.2. The lowest BCUT2D eigenvalue weighted by molar-refractivity contribution is -0.159. The number of rotatable bonds is 45. The van der Waals surface area contributed by atoms with E-state index < -0.39 is 36.2 Å². The van der Waals surface area contributed by atoms with Gasteiger partial charge in [-0.3, -0.25) is 19.3 Å². The Balaban J connectivity index is 4.13. The number of carbonyl (C=O) groups is 4. The van der Waals surface area contributed by atoms with Crippen LogP contribution < -0.4 is 0 Å². The average molecular weight is 792 g/mol. The number of hydrogen-bond donors (Lipinski definition) is 2. The normalized spacial score (nSPS) is 11.9. The number of nitrogens with zero attached hydrogens (tertiary/aromatic N) is 1. The number of carboxylic acid groups (broad SMARTS) is 2. The van der Waals surface area contributed by atoms with E-state index in [9.17, 15) is 29.4 Å². The molecule has 330 valence electrons. The second-order valence-corrected chi connectivity index (χ2v) is 17.2. The topological polar surface area (TPSA) is 112 Å². The SMILES string of the molecule is CCCCCCCCCCCCCCCCCCCCCC(=O)N(C(=O)CCCCCCCCCCCCCCCCCCCCC)[C@@H](CCC(=O)O)C(=O)O. The molecule has 0 heterocycles. The lowest BCUT2D eigenvalue weighted by atomic mass is 10.0. The van der Waals surface area contributed by atoms with Gasteiger partial charge in [-0.1, -0.05) is 245 Å². The molecular formula is C49H93NO6. The van der Waals surface area contributed by atoms with Crippen LogP contribution in [0, 0.1) is 0 Å². The molecule has 0 rings (SSSR count). The Bertz CT molecular complexity index is 853. The summed E-state index contributed by atoms with van der Waals surface area (Å²) in [7, 11) is 0. The van der Waals surface area contributed by atoms with Crippen molar-refractivity contribution in [3.05, 3.63) is 0 Å². The largest absolute Gasteiger partial charge is 0.481 e. The second kappa shape index (κ2) is 42.7. The number of amides is 2. The van der Waals surface area contributed by atoms with Gasteiger partial charge >= 0.3 is 11.9 Å². The molecule has 2 N–H and O–H groups in total. The van der Waals surface area contributed by atoms with E-state index in [4.69, 9.17) is 0 Å². The molecule has 56 heavy (non-hydrogen) atoms. The Hall–Kier alpha value is -1.92. The number of carbonyl (C=O) groups excluding carboxylic acids is 2. The van der Waals surface area contributed by atoms with E-state index in [1.54, 1.807) is 0 Å². The van der Waals surface area contributed by atoms with E-state index in [2.05, 4.69) is 13.8 Å². The van der Waals surface area contributed by atoms with Gasteiger partial charge in [0, 0.05) is 19.3 Å². The molecule has 0 aliphatic heterocycles. The molecule has 0 aromatic heterocycles. The molecular weight excluding hydrogens is 699 g/mol. The molecule has 0 aliphatic carbocycles. The lowest BCUT2D eigenvalue weighted by Gasteiger charge is -2.27. The van der Waals surface area contributed by atoms with E-state index in [1.165, 1.54) is 193 Å². The van der Waals surface area contributed by atoms with E-state index >= 15 is 0 Å². The van der Waals surface area contributed by atoms with E-state index in [-0.39, 0.29) is 19.3 Å². The number of imide groups is 1. The highest BCUT2D eigenvalue weighted by Gasteiger charge is 2.34. The molecule has 0 aliphatic rings. The highest BCUT2D eigenvalue weighted by atomic mass is 16.4. The maximum Gasteiger partial charge on any atom is 0.326 e. The number of aliphatic carboxylic acids is 2. The Morgan fingerprint density at radius 1 is 0.339 bits per heavy atom. The zero-order chi connectivity index (χ0) is 41.2. The van der Waals surface area contributed by atoms with Crippen molar-refractivity contribution in [3.63, 3.8) is 0 Å². The molecule has 0 bridgehead atoms. The third-order valence-corrected chi connectivity index (χ3v) is 11.8. The van der Waals surface area contributed by atoms with Gasteiger partial charge < -0.3 is 10.2 Å². The third kappa shape index (κ3) is 36.4. The van der Waals surface area contributed by atoms with Crippen LogP contribution in [0.3, 0.4) is 0 Å². The molecule has 0 saturated carbocycles. The van der Waals surface area contributed by atoms with Crippen molar-refractivity contribution in [2.24, 2.45) is 0 Å². The quantitative estimate of drug-likeness (QED) is 0.0594. The molecule has 0 fully saturated rings. The summed E-state index contributed by atoms with van der Waals surface area (Å²) in [5.74, 6) is -3.39. The fourth-order valence-electron chi connectivity index (χ4n) is 8.06. The van der Waals surface area contributed by atoms with Gasteiger partial charge in [0.15, 0.2) is 0 Å². The smallest absolute Gasteiger partial charge is 0.326 e. The Labute approximate surface area is 346 Å². The molecule has 1 atom stereocenters. The molecule has 2 amide bonds. The maximum atomic E-state index is 13.3. The van der Waals surface area contributed by atoms with Crippen LogP contribution >= 0.6 is 0 Å². The summed E-state index contributed by atoms with van der Waals surface area (Å²) in [5, 5.41) is 19.1. The average Bonchev–Trinajstić information content (AvgIpc) is 3.17. The lowest BCUT2D eigenvalue weighted by Crippen LogP contribution is -2.48. The minimum absolute atomic E-state index is 0.126. The Morgan fingerprint density at radius 3 is 0.750 bits per heavy atom. The maximum absolute atomic E-state index is 13.3. The summed E-state index contributed by atoms with van der Waals surface area (Å²) in [6, 6.07) is -1.42. The van der Waals surface area contributed by atoms with Crippen molar-refractivity contribution in [2.75, 3.05) is 0 Å². The Morgan fingerprint density at radius 2 is 0.554 bits per heavy atom. The number of unbranched alkanes of at least 4 members (excludes halogenated alkanes) is 36. The first-order valence-electron chi connectivity index (χ1n) is 24.6. The first kappa shape index (κ1) is 54.1. The van der Waals surface area contributed by atoms with Crippen LogP contribution in [0.1, 0.15) is 284 Å². The summed E-state index contributed by atoms with van der Waals surface area (Å²) in [6.45, 7) is 4.54. The van der Waals surface area contributed by atoms with Crippen molar-refractivity contribution < 1.29 is 29.4 Å². The van der Waals surface area contributed by atoms with Gasteiger partial charge in [0.05, 0.1) is 0 Å². The predicted octanol–water partition coefficient (Wildman–Crippen LogP) is 15.3. The third-order valence-electron chi connectivity index (χ3n) is 11.8. The van der Waals surface area contributed by atoms with Crippen molar-refractivity contribution >= 4 is 23.8 Å². The summed E-state index contributed by atoms with van der Waals surface area (Å²) < 4.78 is 0. The molecule has 7 nitrogen and oxygen atoms in total. The van der Waals surface area contributed by atoms with Crippen molar-refractivity contribution in [3.8, 4) is 0 Å². The van der Waals surface area contributed by atoms with Gasteiger partial charge in [0.1, 0.15) is 6.04 Å². The standard InChI is InChI=1S/C49H93NO6/c1-3-5-7-9-11-13-15-17-19-21-23-25-27-29-31-33-35-37-39-41-46(51)50(45(49(55)56)43-44-48(53)54)47(52)42-40-38-36-34-32-30-28-26-24-22-20-18-16-14-12-10-8-6-4-2/h45H,3-44H2,1-2H3,(H,53,54)(H,55,56)/t45-/m0/s1. The van der Waals surface area contributed by atoms with Crippen molar-refractivity contribution in [1.29, 1.82) is 0 Å². The molecule has 7 heteroatoms. The first-order valence-corrected chi connectivity index (χ1v) is 24.6. The van der Waals surface area contributed by atoms with Gasteiger partial charge in [-0.25, -0.2) is 4.79 Å². The second-order valence-electron chi connectivity index (χ2n) is 17.2. The van der Waals surface area contributed by atoms with Gasteiger partial charge in [0.25, 0.3) is 0 Å². The van der Waals surface area contributed by atoms with Crippen LogP contribution in [0.4, 0.5) is 0 Å². The summed E-state index contributed by atoms with van der Waals surface area (Å²) in [6.07, 6.45) is 47.5. The summed E-state index contributed by atoms with van der Waals surface area (Å²) in [5.41, 5.74) is 0. The zero-order valence-electron chi connectivity index (χ0n) is 37.3. The van der Waals surface area contributed by atoms with Gasteiger partial charge in [-0.15, -0.1) is 0 Å². The van der Waals surface area contributed by atoms with Crippen LogP contribution in [-0.4, -0.2) is 44.9 Å². The van der Waals surface area contributed by atoms with Crippen molar-refractivity contribution in [1.82, 2.24) is 4.90 Å². The highest BCUT2D eigenvalue weighted by Crippen LogP contribution is 2.19. The van der Waals surface area contributed by atoms with Gasteiger partial charge in [-0.2, -0.15) is 0 Å². The summed E-state index contributed by atoms with van der Waals surface area (Å²) in [4.78, 5) is 50.8. The monoisotopic (exact) mass is 792 g/mol. The number of hydrogen-bond acceptors (Lipinski definition) is 4. The zero-order valence-corrected chi connectivity index (χ0v) is 37.3. The first-order chi connectivity index (χ1) is 27.3. The summed E-state index contributed by atoms with van der Waals surface area (Å²) >= 11 is 0. The molecule has 0 radical (unpaired) electrons. The molecule has 0 aromatic rings. The fourth-order valence-corrected chi connectivity index (χ4v) is 8.06. The van der Waals surface area contributed by atoms with Crippen LogP contribution in [0.15, 0.2) is 0 Å². The van der Waals surface area contributed by atoms with Crippen molar-refractivity contribution in [2.45, 2.75) is 290 Å². The molecule has 0 spiro atoms. The predicted molar refractivity (Wildman–Crippen MR) is 236 cm³/mol. The fraction of sp³-hybridized carbons (Fsp3) is 0.918. The minimum atomic E-state index is -1.42. The van der Waals surface area contributed by atoms with Crippen LogP contribution in [0.2, 0.25) is 0 Å². The minimum Gasteiger partial charge on any atom is -0.481 e. The number of carboxylic acids is 2. The molecule has 0 aromatic carbocycles. The van der Waals surface area contributed by atoms with Crippen LogP contribution in [0.5, 0.6) is 0 Å². The van der Waals surface area contributed by atoms with E-state index in [0.29, 0.717) is 12.8 Å². The molecule has 0 unspecified atom stereocenters.